The molecule has 1 unspecified atom stereocenters. The number of nitrogens with one attached hydrogen (secondary N) is 1. The van der Waals surface area contributed by atoms with Crippen molar-refractivity contribution in [2.45, 2.75) is 95.8 Å². The number of hydrogen-bond donors (Lipinski definition) is 1. The summed E-state index contributed by atoms with van der Waals surface area (Å²) in [6, 6.07) is 7.31. The van der Waals surface area contributed by atoms with Crippen LogP contribution in [0.5, 0.6) is 0 Å². The van der Waals surface area contributed by atoms with Gasteiger partial charge in [0.1, 0.15) is 0 Å². The Morgan fingerprint density at radius 1 is 0.840 bits per heavy atom. The smallest absolute Gasteiger partial charge is 0.211 e. The first-order valence-electron chi connectivity index (χ1n) is 10.1. The minimum atomic E-state index is -3.37. The first-order valence-corrected chi connectivity index (χ1v) is 11.6. The van der Waals surface area contributed by atoms with Crippen LogP contribution in [0.3, 0.4) is 0 Å². The highest BCUT2D eigenvalue weighted by molar-refractivity contribution is 7.89. The van der Waals surface area contributed by atoms with Crippen LogP contribution in [0.4, 0.5) is 0 Å². The molecule has 4 heteroatoms. The zero-order chi connectivity index (χ0) is 18.5. The lowest BCUT2D eigenvalue weighted by Gasteiger charge is -2.11. The highest BCUT2D eigenvalue weighted by Gasteiger charge is 2.13. The summed E-state index contributed by atoms with van der Waals surface area (Å²) in [6.07, 6.45) is 12.2. The number of sulfonamides is 1. The molecule has 1 atom stereocenters. The summed E-state index contributed by atoms with van der Waals surface area (Å²) >= 11 is 0. The average molecular weight is 368 g/mol. The van der Waals surface area contributed by atoms with Gasteiger partial charge >= 0.3 is 0 Å². The van der Waals surface area contributed by atoms with Crippen molar-refractivity contribution >= 4 is 10.0 Å². The fourth-order valence-electron chi connectivity index (χ4n) is 2.94. The van der Waals surface area contributed by atoms with Gasteiger partial charge in [-0.25, -0.2) is 13.1 Å². The summed E-state index contributed by atoms with van der Waals surface area (Å²) in [5.41, 5.74) is 1.19. The van der Waals surface area contributed by atoms with Crippen LogP contribution in [0.2, 0.25) is 0 Å². The molecule has 25 heavy (non-hydrogen) atoms. The zero-order valence-electron chi connectivity index (χ0n) is 16.4. The van der Waals surface area contributed by atoms with E-state index < -0.39 is 10.0 Å². The normalized spacial score (nSPS) is 13.1. The Morgan fingerprint density at radius 2 is 1.36 bits per heavy atom. The predicted molar refractivity (Wildman–Crippen MR) is 108 cm³/mol. The first-order chi connectivity index (χ1) is 12.0. The maximum absolute atomic E-state index is 12.3. The van der Waals surface area contributed by atoms with Crippen molar-refractivity contribution in [3.63, 3.8) is 0 Å². The Labute approximate surface area is 155 Å². The molecule has 1 N–H and O–H groups in total. The molecule has 1 aromatic carbocycles. The van der Waals surface area contributed by atoms with Crippen LogP contribution in [0.1, 0.15) is 96.5 Å². The van der Waals surface area contributed by atoms with Crippen molar-refractivity contribution in [3.8, 4) is 0 Å². The molecule has 0 bridgehead atoms. The summed E-state index contributed by atoms with van der Waals surface area (Å²) < 4.78 is 27.3. The first kappa shape index (κ1) is 22.2. The molecule has 0 heterocycles. The van der Waals surface area contributed by atoms with Crippen molar-refractivity contribution < 1.29 is 8.42 Å². The Morgan fingerprint density at radius 3 is 1.88 bits per heavy atom. The Balaban J connectivity index is 2.23. The molecule has 0 aliphatic rings. The molecule has 3 nitrogen and oxygen atoms in total. The van der Waals surface area contributed by atoms with Crippen LogP contribution < -0.4 is 4.72 Å². The standard InChI is InChI=1S/C21H37NO2S/c1-4-6-7-8-9-10-11-12-13-18-22-25(23,24)21-16-14-20(15-17-21)19(3)5-2/h14-17,19,22H,4-13,18H2,1-3H3. The van der Waals surface area contributed by atoms with E-state index in [-0.39, 0.29) is 0 Å². The van der Waals surface area contributed by atoms with E-state index in [4.69, 9.17) is 0 Å². The molecule has 0 saturated heterocycles. The van der Waals surface area contributed by atoms with Gasteiger partial charge in [0.15, 0.2) is 0 Å². The van der Waals surface area contributed by atoms with Gasteiger partial charge in [-0.15, -0.1) is 0 Å². The van der Waals surface area contributed by atoms with Gasteiger partial charge in [0.25, 0.3) is 0 Å². The van der Waals surface area contributed by atoms with Crippen molar-refractivity contribution in [1.29, 1.82) is 0 Å². The highest BCUT2D eigenvalue weighted by Crippen LogP contribution is 2.20. The van der Waals surface area contributed by atoms with E-state index in [2.05, 4.69) is 25.5 Å². The van der Waals surface area contributed by atoms with E-state index >= 15 is 0 Å². The molecule has 0 aromatic heterocycles. The van der Waals surface area contributed by atoms with Gasteiger partial charge in [0.05, 0.1) is 4.90 Å². The largest absolute Gasteiger partial charge is 0.240 e. The average Bonchev–Trinajstić information content (AvgIpc) is 2.62. The van der Waals surface area contributed by atoms with Gasteiger partial charge in [-0.1, -0.05) is 84.3 Å². The quantitative estimate of drug-likeness (QED) is 0.409. The second-order valence-electron chi connectivity index (χ2n) is 7.10. The Kier molecular flexibility index (Phi) is 11.1. The third-order valence-corrected chi connectivity index (χ3v) is 6.42. The van der Waals surface area contributed by atoms with E-state index in [9.17, 15) is 8.42 Å². The van der Waals surface area contributed by atoms with E-state index in [0.717, 1.165) is 19.3 Å². The molecule has 0 radical (unpaired) electrons. The lowest BCUT2D eigenvalue weighted by molar-refractivity contribution is 0.554. The lowest BCUT2D eigenvalue weighted by atomic mass is 9.99. The molecule has 144 valence electrons. The van der Waals surface area contributed by atoms with E-state index in [1.165, 1.54) is 50.5 Å². The zero-order valence-corrected chi connectivity index (χ0v) is 17.2. The Hall–Kier alpha value is -0.870. The van der Waals surface area contributed by atoms with E-state index in [0.29, 0.717) is 17.4 Å². The molecule has 1 rings (SSSR count). The number of benzene rings is 1. The van der Waals surface area contributed by atoms with Crippen molar-refractivity contribution in [2.24, 2.45) is 0 Å². The monoisotopic (exact) mass is 367 g/mol. The van der Waals surface area contributed by atoms with Crippen LogP contribution in [0, 0.1) is 0 Å². The van der Waals surface area contributed by atoms with Crippen LogP contribution in [-0.2, 0) is 10.0 Å². The molecule has 0 spiro atoms. The van der Waals surface area contributed by atoms with E-state index in [1.807, 2.05) is 12.1 Å². The lowest BCUT2D eigenvalue weighted by Crippen LogP contribution is -2.24. The van der Waals surface area contributed by atoms with Crippen molar-refractivity contribution in [1.82, 2.24) is 4.72 Å². The molecular formula is C21H37NO2S. The van der Waals surface area contributed by atoms with Crippen molar-refractivity contribution in [3.05, 3.63) is 29.8 Å². The predicted octanol–water partition coefficient (Wildman–Crippen LogP) is 6.01. The Bertz CT molecular complexity index is 552. The van der Waals surface area contributed by atoms with Gasteiger partial charge in [-0.3, -0.25) is 0 Å². The van der Waals surface area contributed by atoms with Gasteiger partial charge in [0, 0.05) is 6.54 Å². The van der Waals surface area contributed by atoms with E-state index in [1.54, 1.807) is 12.1 Å². The fraction of sp³-hybridized carbons (Fsp3) is 0.714. The molecule has 0 fully saturated rings. The SMILES string of the molecule is CCCCCCCCCCCNS(=O)(=O)c1ccc(C(C)CC)cc1. The van der Waals surface area contributed by atoms with Gasteiger partial charge in [-0.2, -0.15) is 0 Å². The van der Waals surface area contributed by atoms with Crippen LogP contribution in [-0.4, -0.2) is 15.0 Å². The molecule has 0 amide bonds. The minimum Gasteiger partial charge on any atom is -0.211 e. The summed E-state index contributed by atoms with van der Waals surface area (Å²) in [5.74, 6) is 0.465. The number of rotatable bonds is 14. The maximum atomic E-state index is 12.3. The van der Waals surface area contributed by atoms with Crippen LogP contribution in [0.15, 0.2) is 29.2 Å². The number of unbranched alkanes of at least 4 members (excludes halogenated alkanes) is 8. The summed E-state index contributed by atoms with van der Waals surface area (Å²) in [4.78, 5) is 0.371. The summed E-state index contributed by atoms with van der Waals surface area (Å²) in [6.45, 7) is 7.07. The molecule has 0 saturated carbocycles. The molecule has 0 aliphatic carbocycles. The minimum absolute atomic E-state index is 0.371. The third kappa shape index (κ3) is 8.87. The van der Waals surface area contributed by atoms with Gasteiger partial charge < -0.3 is 0 Å². The third-order valence-electron chi connectivity index (χ3n) is 4.94. The summed E-state index contributed by atoms with van der Waals surface area (Å²) in [7, 11) is -3.37. The van der Waals surface area contributed by atoms with Crippen LogP contribution in [0.25, 0.3) is 0 Å². The molecular weight excluding hydrogens is 330 g/mol. The number of hydrogen-bond acceptors (Lipinski definition) is 2. The highest BCUT2D eigenvalue weighted by atomic mass is 32.2. The summed E-state index contributed by atoms with van der Waals surface area (Å²) in [5, 5.41) is 0. The molecule has 0 aliphatic heterocycles. The topological polar surface area (TPSA) is 46.2 Å². The van der Waals surface area contributed by atoms with Crippen molar-refractivity contribution in [2.75, 3.05) is 6.54 Å². The fourth-order valence-corrected chi connectivity index (χ4v) is 4.01. The van der Waals surface area contributed by atoms with Crippen LogP contribution >= 0.6 is 0 Å². The van der Waals surface area contributed by atoms with Gasteiger partial charge in [-0.05, 0) is 36.5 Å². The maximum Gasteiger partial charge on any atom is 0.240 e. The van der Waals surface area contributed by atoms with Gasteiger partial charge in [0.2, 0.25) is 10.0 Å². The second-order valence-corrected chi connectivity index (χ2v) is 8.87. The molecule has 1 aromatic rings. The second kappa shape index (κ2) is 12.5.